The maximum atomic E-state index is 8.58. The van der Waals surface area contributed by atoms with Crippen molar-refractivity contribution in [3.63, 3.8) is 0 Å². The van der Waals surface area contributed by atoms with Crippen molar-refractivity contribution in [2.75, 3.05) is 0 Å². The average molecular weight is 189 g/mol. The van der Waals surface area contributed by atoms with Crippen LogP contribution in [0.2, 0.25) is 0 Å². The third kappa shape index (κ3) is 1.29. The van der Waals surface area contributed by atoms with Crippen LogP contribution in [0.4, 0.5) is 0 Å². The van der Waals surface area contributed by atoms with E-state index in [1.54, 1.807) is 6.08 Å². The molecule has 1 heteroatoms. The smallest absolute Gasteiger partial charge is 0.0908 e. The van der Waals surface area contributed by atoms with Crippen molar-refractivity contribution in [2.45, 2.75) is 33.6 Å². The van der Waals surface area contributed by atoms with Gasteiger partial charge in [0.15, 0.2) is 0 Å². The summed E-state index contributed by atoms with van der Waals surface area (Å²) < 4.78 is 0. The van der Waals surface area contributed by atoms with Crippen molar-refractivity contribution in [3.05, 3.63) is 12.2 Å². The van der Waals surface area contributed by atoms with Crippen LogP contribution in [0.1, 0.15) is 33.6 Å². The summed E-state index contributed by atoms with van der Waals surface area (Å²) >= 11 is 0. The molecule has 2 aliphatic rings. The van der Waals surface area contributed by atoms with Crippen LogP contribution >= 0.6 is 0 Å². The number of hydrogen-bond donors (Lipinski definition) is 0. The quantitative estimate of drug-likeness (QED) is 0.580. The first-order valence-electron chi connectivity index (χ1n) is 5.65. The molecule has 2 aliphatic carbocycles. The lowest BCUT2D eigenvalue weighted by atomic mass is 9.80. The Hall–Kier alpha value is -0.770. The van der Waals surface area contributed by atoms with Crippen molar-refractivity contribution in [2.24, 2.45) is 29.1 Å². The zero-order valence-corrected chi connectivity index (χ0v) is 9.33. The molecule has 2 fully saturated rings. The monoisotopic (exact) mass is 189 g/mol. The first-order chi connectivity index (χ1) is 6.59. The van der Waals surface area contributed by atoms with Gasteiger partial charge >= 0.3 is 0 Å². The van der Waals surface area contributed by atoms with Gasteiger partial charge < -0.3 is 0 Å². The highest BCUT2D eigenvalue weighted by molar-refractivity contribution is 5.17. The van der Waals surface area contributed by atoms with Crippen LogP contribution in [0.3, 0.4) is 0 Å². The first kappa shape index (κ1) is 9.77. The molecule has 2 rings (SSSR count). The molecule has 0 bridgehead atoms. The summed E-state index contributed by atoms with van der Waals surface area (Å²) in [4.78, 5) is 0. The fourth-order valence-electron chi connectivity index (χ4n) is 3.55. The molecule has 0 radical (unpaired) electrons. The molecule has 4 atom stereocenters. The minimum atomic E-state index is 0.537. The van der Waals surface area contributed by atoms with Gasteiger partial charge in [-0.2, -0.15) is 5.26 Å². The number of allylic oxidation sites excluding steroid dienone is 2. The van der Waals surface area contributed by atoms with Crippen LogP contribution in [0.15, 0.2) is 12.2 Å². The van der Waals surface area contributed by atoms with Gasteiger partial charge in [0, 0.05) is 6.08 Å². The lowest BCUT2D eigenvalue weighted by Crippen LogP contribution is -2.17. The first-order valence-corrected chi connectivity index (χ1v) is 5.65. The van der Waals surface area contributed by atoms with Gasteiger partial charge in [0.25, 0.3) is 0 Å². The van der Waals surface area contributed by atoms with Crippen molar-refractivity contribution in [3.8, 4) is 6.07 Å². The zero-order valence-electron chi connectivity index (χ0n) is 9.33. The average Bonchev–Trinajstić information content (AvgIpc) is 2.68. The summed E-state index contributed by atoms with van der Waals surface area (Å²) in [6, 6.07) is 2.12. The topological polar surface area (TPSA) is 23.8 Å². The standard InChI is InChI=1S/C13H19N/c1-9-6-7-11-12(13(11,2)3)10(9)5-4-8-14/h4-5,9-12H,6-7H2,1-3H3/b5-4+. The molecule has 0 aromatic carbocycles. The molecule has 2 saturated carbocycles. The molecule has 14 heavy (non-hydrogen) atoms. The number of rotatable bonds is 1. The Bertz CT molecular complexity index is 295. The van der Waals surface area contributed by atoms with E-state index in [-0.39, 0.29) is 0 Å². The second kappa shape index (κ2) is 3.12. The van der Waals surface area contributed by atoms with Crippen LogP contribution in [0, 0.1) is 40.4 Å². The van der Waals surface area contributed by atoms with E-state index in [0.29, 0.717) is 11.3 Å². The minimum absolute atomic E-state index is 0.537. The Morgan fingerprint density at radius 2 is 2.07 bits per heavy atom. The minimum Gasteiger partial charge on any atom is -0.193 e. The van der Waals surface area contributed by atoms with Crippen LogP contribution in [-0.2, 0) is 0 Å². The molecule has 0 aromatic rings. The number of nitriles is 1. The molecule has 76 valence electrons. The van der Waals surface area contributed by atoms with Gasteiger partial charge in [0.05, 0.1) is 6.07 Å². The molecule has 0 heterocycles. The molecule has 0 spiro atoms. The summed E-state index contributed by atoms with van der Waals surface area (Å²) in [6.45, 7) is 7.10. The van der Waals surface area contributed by atoms with Gasteiger partial charge in [0.1, 0.15) is 0 Å². The van der Waals surface area contributed by atoms with Crippen molar-refractivity contribution in [1.82, 2.24) is 0 Å². The SMILES string of the molecule is CC1CCC2C(C1/C=C/C#N)C2(C)C. The van der Waals surface area contributed by atoms with Gasteiger partial charge in [-0.05, 0) is 41.9 Å². The Labute approximate surface area is 86.8 Å². The fraction of sp³-hybridized carbons (Fsp3) is 0.769. The van der Waals surface area contributed by atoms with Gasteiger partial charge in [-0.25, -0.2) is 0 Å². The summed E-state index contributed by atoms with van der Waals surface area (Å²) in [6.07, 6.45) is 6.56. The summed E-state index contributed by atoms with van der Waals surface area (Å²) in [5.74, 6) is 3.19. The van der Waals surface area contributed by atoms with Gasteiger partial charge in [-0.15, -0.1) is 0 Å². The van der Waals surface area contributed by atoms with Gasteiger partial charge in [-0.3, -0.25) is 0 Å². The van der Waals surface area contributed by atoms with E-state index in [1.165, 1.54) is 12.8 Å². The van der Waals surface area contributed by atoms with E-state index in [0.717, 1.165) is 17.8 Å². The summed E-state index contributed by atoms with van der Waals surface area (Å²) in [5, 5.41) is 8.58. The predicted octanol–water partition coefficient (Wildman–Crippen LogP) is 3.38. The molecule has 0 amide bonds. The molecule has 4 unspecified atom stereocenters. The van der Waals surface area contributed by atoms with Crippen molar-refractivity contribution in [1.29, 1.82) is 5.26 Å². The third-order valence-electron chi connectivity index (χ3n) is 4.54. The second-order valence-electron chi connectivity index (χ2n) is 5.57. The van der Waals surface area contributed by atoms with Crippen LogP contribution in [0.25, 0.3) is 0 Å². The van der Waals surface area contributed by atoms with E-state index >= 15 is 0 Å². The normalized spacial score (nSPS) is 44.4. The molecule has 1 nitrogen and oxygen atoms in total. The third-order valence-corrected chi connectivity index (χ3v) is 4.54. The van der Waals surface area contributed by atoms with Crippen molar-refractivity contribution >= 4 is 0 Å². The van der Waals surface area contributed by atoms with E-state index in [9.17, 15) is 0 Å². The maximum Gasteiger partial charge on any atom is 0.0908 e. The molecule has 0 N–H and O–H groups in total. The largest absolute Gasteiger partial charge is 0.193 e. The number of nitrogens with zero attached hydrogens (tertiary/aromatic N) is 1. The van der Waals surface area contributed by atoms with Crippen LogP contribution in [0.5, 0.6) is 0 Å². The predicted molar refractivity (Wildman–Crippen MR) is 57.4 cm³/mol. The van der Waals surface area contributed by atoms with Gasteiger partial charge in [-0.1, -0.05) is 26.8 Å². The van der Waals surface area contributed by atoms with E-state index < -0.39 is 0 Å². The molecular weight excluding hydrogens is 170 g/mol. The highest BCUT2D eigenvalue weighted by atomic mass is 14.7. The lowest BCUT2D eigenvalue weighted by Gasteiger charge is -2.25. The highest BCUT2D eigenvalue weighted by Gasteiger charge is 2.62. The number of hydrogen-bond acceptors (Lipinski definition) is 1. The summed E-state index contributed by atoms with van der Waals surface area (Å²) in [7, 11) is 0. The molecular formula is C13H19N. The Morgan fingerprint density at radius 3 is 2.71 bits per heavy atom. The van der Waals surface area contributed by atoms with E-state index in [1.807, 2.05) is 0 Å². The molecule has 0 aliphatic heterocycles. The molecule has 0 aromatic heterocycles. The van der Waals surface area contributed by atoms with Crippen LogP contribution < -0.4 is 0 Å². The second-order valence-corrected chi connectivity index (χ2v) is 5.57. The van der Waals surface area contributed by atoms with Gasteiger partial charge in [0.2, 0.25) is 0 Å². The number of fused-ring (bicyclic) bond motifs is 1. The van der Waals surface area contributed by atoms with Crippen LogP contribution in [-0.4, -0.2) is 0 Å². The highest BCUT2D eigenvalue weighted by Crippen LogP contribution is 2.68. The Balaban J connectivity index is 2.14. The lowest BCUT2D eigenvalue weighted by molar-refractivity contribution is 0.285. The van der Waals surface area contributed by atoms with E-state index in [2.05, 4.69) is 32.9 Å². The zero-order chi connectivity index (χ0) is 10.3. The maximum absolute atomic E-state index is 8.58. The Kier molecular flexibility index (Phi) is 2.18. The van der Waals surface area contributed by atoms with Crippen molar-refractivity contribution < 1.29 is 0 Å². The summed E-state index contributed by atoms with van der Waals surface area (Å²) in [5.41, 5.74) is 0.537. The molecule has 0 saturated heterocycles. The Morgan fingerprint density at radius 1 is 1.36 bits per heavy atom. The fourth-order valence-corrected chi connectivity index (χ4v) is 3.55. The van der Waals surface area contributed by atoms with E-state index in [4.69, 9.17) is 5.26 Å².